The molecule has 0 bridgehead atoms. The summed E-state index contributed by atoms with van der Waals surface area (Å²) < 4.78 is 16.7. The highest BCUT2D eigenvalue weighted by molar-refractivity contribution is 5.71. The van der Waals surface area contributed by atoms with Crippen LogP contribution < -0.4 is 0 Å². The molecule has 55 heavy (non-hydrogen) atoms. The average Bonchev–Trinajstić information content (AvgIpc) is 3.18. The first kappa shape index (κ1) is 52.6. The summed E-state index contributed by atoms with van der Waals surface area (Å²) in [4.78, 5) is 37.8. The number of allylic oxidation sites excluding steroid dienone is 6. The zero-order chi connectivity index (χ0) is 40.1. The predicted octanol–water partition coefficient (Wildman–Crippen LogP) is 15.0. The van der Waals surface area contributed by atoms with Crippen LogP contribution in [0.1, 0.15) is 239 Å². The molecule has 0 aliphatic heterocycles. The molecule has 6 heteroatoms. The third kappa shape index (κ3) is 42.6. The highest BCUT2D eigenvalue weighted by atomic mass is 16.6. The maximum Gasteiger partial charge on any atom is 0.306 e. The maximum absolute atomic E-state index is 12.7. The Labute approximate surface area is 340 Å². The van der Waals surface area contributed by atoms with E-state index in [1.54, 1.807) is 0 Å². The van der Waals surface area contributed by atoms with Crippen molar-refractivity contribution in [1.82, 2.24) is 0 Å². The molecule has 0 fully saturated rings. The topological polar surface area (TPSA) is 78.9 Å². The summed E-state index contributed by atoms with van der Waals surface area (Å²) in [5.74, 6) is -0.891. The Balaban J connectivity index is 4.38. The standard InChI is InChI=1S/C49H88O6/c1-4-7-10-13-16-19-22-24-27-30-33-36-39-42-48(51)54-45-46(44-53-47(50)41-38-35-32-29-26-21-18-15-12-9-6-3)55-49(52)43-40-37-34-31-28-25-23-20-17-14-11-8-5-2/h7,10,13,16,19,22,46H,4-6,8-9,11-12,14-15,17-18,20-21,23-45H2,1-3H3/b10-7-,16-13-,22-19-. The molecule has 0 aromatic rings. The van der Waals surface area contributed by atoms with Gasteiger partial charge in [0.05, 0.1) is 0 Å². The second kappa shape index (κ2) is 44.3. The smallest absolute Gasteiger partial charge is 0.306 e. The van der Waals surface area contributed by atoms with Crippen molar-refractivity contribution in [2.75, 3.05) is 13.2 Å². The van der Waals surface area contributed by atoms with E-state index in [1.807, 2.05) is 0 Å². The van der Waals surface area contributed by atoms with Crippen molar-refractivity contribution in [3.05, 3.63) is 36.5 Å². The Hall–Kier alpha value is -2.37. The lowest BCUT2D eigenvalue weighted by Crippen LogP contribution is -2.30. The van der Waals surface area contributed by atoms with Crippen molar-refractivity contribution in [2.24, 2.45) is 0 Å². The normalized spacial score (nSPS) is 12.3. The number of carbonyl (C=O) groups is 3. The van der Waals surface area contributed by atoms with Crippen LogP contribution in [-0.4, -0.2) is 37.2 Å². The van der Waals surface area contributed by atoms with Gasteiger partial charge in [0.25, 0.3) is 0 Å². The molecule has 0 radical (unpaired) electrons. The van der Waals surface area contributed by atoms with Gasteiger partial charge in [0.2, 0.25) is 0 Å². The zero-order valence-corrected chi connectivity index (χ0v) is 36.4. The summed E-state index contributed by atoms with van der Waals surface area (Å²) in [5.41, 5.74) is 0. The number of rotatable bonds is 42. The molecule has 0 amide bonds. The second-order valence-electron chi connectivity index (χ2n) is 15.7. The molecular weight excluding hydrogens is 685 g/mol. The molecule has 0 rings (SSSR count). The second-order valence-corrected chi connectivity index (χ2v) is 15.7. The van der Waals surface area contributed by atoms with Gasteiger partial charge in [-0.2, -0.15) is 0 Å². The molecule has 0 aliphatic carbocycles. The van der Waals surface area contributed by atoms with E-state index >= 15 is 0 Å². The number of hydrogen-bond donors (Lipinski definition) is 0. The molecule has 0 aliphatic rings. The van der Waals surface area contributed by atoms with E-state index in [2.05, 4.69) is 57.2 Å². The minimum atomic E-state index is -0.773. The SMILES string of the molecule is CC\C=C/C=C\C=C/CCCCCCCC(=O)OCC(COC(=O)CCCCCCCCCCCCC)OC(=O)CCCCCCCCCCCCCCC. The van der Waals surface area contributed by atoms with Crippen LogP contribution in [0, 0.1) is 0 Å². The largest absolute Gasteiger partial charge is 0.462 e. The van der Waals surface area contributed by atoms with Crippen LogP contribution in [0.25, 0.3) is 0 Å². The van der Waals surface area contributed by atoms with Crippen LogP contribution >= 0.6 is 0 Å². The van der Waals surface area contributed by atoms with Crippen LogP contribution in [0.4, 0.5) is 0 Å². The molecule has 0 heterocycles. The minimum absolute atomic E-state index is 0.0752. The maximum atomic E-state index is 12.7. The Kier molecular flexibility index (Phi) is 42.4. The van der Waals surface area contributed by atoms with Gasteiger partial charge in [-0.1, -0.05) is 218 Å². The first-order valence-electron chi connectivity index (χ1n) is 23.5. The van der Waals surface area contributed by atoms with Crippen molar-refractivity contribution in [1.29, 1.82) is 0 Å². The third-order valence-corrected chi connectivity index (χ3v) is 10.2. The van der Waals surface area contributed by atoms with Crippen LogP contribution in [-0.2, 0) is 28.6 Å². The summed E-state index contributed by atoms with van der Waals surface area (Å²) in [6.45, 7) is 6.48. The van der Waals surface area contributed by atoms with E-state index in [0.717, 1.165) is 83.5 Å². The van der Waals surface area contributed by atoms with Crippen molar-refractivity contribution in [2.45, 2.75) is 245 Å². The highest BCUT2D eigenvalue weighted by Crippen LogP contribution is 2.15. The van der Waals surface area contributed by atoms with Crippen LogP contribution in [0.3, 0.4) is 0 Å². The molecule has 320 valence electrons. The molecule has 0 saturated carbocycles. The van der Waals surface area contributed by atoms with Gasteiger partial charge in [-0.15, -0.1) is 0 Å². The average molecular weight is 773 g/mol. The van der Waals surface area contributed by atoms with E-state index in [0.29, 0.717) is 19.3 Å². The van der Waals surface area contributed by atoms with Crippen molar-refractivity contribution >= 4 is 17.9 Å². The molecular formula is C49H88O6. The first-order chi connectivity index (χ1) is 27.0. The van der Waals surface area contributed by atoms with Gasteiger partial charge in [0, 0.05) is 19.3 Å². The monoisotopic (exact) mass is 773 g/mol. The van der Waals surface area contributed by atoms with Crippen LogP contribution in [0.5, 0.6) is 0 Å². The summed E-state index contributed by atoms with van der Waals surface area (Å²) in [6.07, 6.45) is 49.8. The minimum Gasteiger partial charge on any atom is -0.462 e. The van der Waals surface area contributed by atoms with Gasteiger partial charge < -0.3 is 14.2 Å². The van der Waals surface area contributed by atoms with Crippen LogP contribution in [0.2, 0.25) is 0 Å². The number of hydrogen-bond acceptors (Lipinski definition) is 6. The quantitative estimate of drug-likeness (QED) is 0.0266. The molecule has 0 aromatic carbocycles. The molecule has 0 saturated heterocycles. The fraction of sp³-hybridized carbons (Fsp3) is 0.816. The van der Waals surface area contributed by atoms with E-state index in [9.17, 15) is 14.4 Å². The Morgan fingerprint density at radius 3 is 1.09 bits per heavy atom. The lowest BCUT2D eigenvalue weighted by atomic mass is 10.0. The molecule has 0 spiro atoms. The Bertz CT molecular complexity index is 938. The van der Waals surface area contributed by atoms with E-state index < -0.39 is 6.10 Å². The Morgan fingerprint density at radius 1 is 0.382 bits per heavy atom. The van der Waals surface area contributed by atoms with Crippen molar-refractivity contribution in [3.8, 4) is 0 Å². The Morgan fingerprint density at radius 2 is 0.709 bits per heavy atom. The molecule has 6 nitrogen and oxygen atoms in total. The lowest BCUT2D eigenvalue weighted by molar-refractivity contribution is -0.167. The predicted molar refractivity (Wildman–Crippen MR) is 233 cm³/mol. The lowest BCUT2D eigenvalue weighted by Gasteiger charge is -2.18. The number of unbranched alkanes of at least 4 members (excludes halogenated alkanes) is 27. The van der Waals surface area contributed by atoms with Gasteiger partial charge >= 0.3 is 17.9 Å². The third-order valence-electron chi connectivity index (χ3n) is 10.2. The highest BCUT2D eigenvalue weighted by Gasteiger charge is 2.19. The van der Waals surface area contributed by atoms with Crippen molar-refractivity contribution < 1.29 is 28.6 Å². The van der Waals surface area contributed by atoms with Crippen LogP contribution in [0.15, 0.2) is 36.5 Å². The van der Waals surface area contributed by atoms with Crippen molar-refractivity contribution in [3.63, 3.8) is 0 Å². The number of ether oxygens (including phenoxy) is 3. The van der Waals surface area contributed by atoms with Gasteiger partial charge in [-0.25, -0.2) is 0 Å². The molecule has 0 N–H and O–H groups in total. The van der Waals surface area contributed by atoms with Gasteiger partial charge in [-0.05, 0) is 38.5 Å². The number of carbonyl (C=O) groups excluding carboxylic acids is 3. The number of esters is 3. The fourth-order valence-electron chi connectivity index (χ4n) is 6.68. The first-order valence-corrected chi connectivity index (χ1v) is 23.5. The van der Waals surface area contributed by atoms with Gasteiger partial charge in [-0.3, -0.25) is 14.4 Å². The molecule has 0 aromatic heterocycles. The van der Waals surface area contributed by atoms with E-state index in [-0.39, 0.29) is 31.1 Å². The van der Waals surface area contributed by atoms with E-state index in [4.69, 9.17) is 14.2 Å². The summed E-state index contributed by atoms with van der Waals surface area (Å²) in [7, 11) is 0. The van der Waals surface area contributed by atoms with Gasteiger partial charge in [0.1, 0.15) is 13.2 Å². The summed E-state index contributed by atoms with van der Waals surface area (Å²) >= 11 is 0. The zero-order valence-electron chi connectivity index (χ0n) is 36.4. The summed E-state index contributed by atoms with van der Waals surface area (Å²) in [5, 5.41) is 0. The molecule has 1 atom stereocenters. The van der Waals surface area contributed by atoms with E-state index in [1.165, 1.54) is 116 Å². The summed E-state index contributed by atoms with van der Waals surface area (Å²) in [6, 6.07) is 0. The van der Waals surface area contributed by atoms with Gasteiger partial charge in [0.15, 0.2) is 6.10 Å². The molecule has 1 unspecified atom stereocenters. The fourth-order valence-corrected chi connectivity index (χ4v) is 6.68.